The lowest BCUT2D eigenvalue weighted by Crippen LogP contribution is -2.31. The van der Waals surface area contributed by atoms with E-state index in [1.807, 2.05) is 54.6 Å². The zero-order chi connectivity index (χ0) is 21.8. The second-order valence-corrected chi connectivity index (χ2v) is 9.12. The fourth-order valence-electron chi connectivity index (χ4n) is 4.22. The Morgan fingerprint density at radius 1 is 1.03 bits per heavy atom. The molecular weight excluding hydrogens is 416 g/mol. The van der Waals surface area contributed by atoms with Crippen LogP contribution in [0, 0.1) is 5.92 Å². The predicted molar refractivity (Wildman–Crippen MR) is 131 cm³/mol. The Bertz CT molecular complexity index is 1170. The summed E-state index contributed by atoms with van der Waals surface area (Å²) in [5, 5.41) is 4.04. The normalized spacial score (nSPS) is 15.9. The van der Waals surface area contributed by atoms with Gasteiger partial charge in [0, 0.05) is 36.6 Å². The third-order valence-electron chi connectivity index (χ3n) is 5.95. The number of carbonyl (C=O) groups excluding carboxylic acids is 1. The van der Waals surface area contributed by atoms with Crippen LogP contribution >= 0.6 is 11.8 Å². The Balaban J connectivity index is 1.18. The SMILES string of the molecule is O=C(NCC1CCN(c2ccccc2)C1)c1ccccc1CSc1nc2ccccc2[nH]1. The maximum Gasteiger partial charge on any atom is 0.251 e. The van der Waals surface area contributed by atoms with Crippen molar-refractivity contribution in [1.82, 2.24) is 15.3 Å². The molecule has 0 bridgehead atoms. The molecule has 1 aromatic heterocycles. The predicted octanol–water partition coefficient (Wildman–Crippen LogP) is 5.11. The van der Waals surface area contributed by atoms with Crippen molar-refractivity contribution in [3.63, 3.8) is 0 Å². The summed E-state index contributed by atoms with van der Waals surface area (Å²) in [5.74, 6) is 1.16. The number of imidazole rings is 1. The van der Waals surface area contributed by atoms with E-state index in [4.69, 9.17) is 0 Å². The summed E-state index contributed by atoms with van der Waals surface area (Å²) >= 11 is 1.62. The molecule has 0 spiro atoms. The quantitative estimate of drug-likeness (QED) is 0.391. The number of fused-ring (bicyclic) bond motifs is 1. The smallest absolute Gasteiger partial charge is 0.251 e. The number of carbonyl (C=O) groups is 1. The van der Waals surface area contributed by atoms with Gasteiger partial charge >= 0.3 is 0 Å². The van der Waals surface area contributed by atoms with Gasteiger partial charge in [-0.25, -0.2) is 4.98 Å². The van der Waals surface area contributed by atoms with Crippen LogP contribution in [0.1, 0.15) is 22.3 Å². The van der Waals surface area contributed by atoms with Crippen LogP contribution in [-0.2, 0) is 5.75 Å². The molecule has 2 heterocycles. The van der Waals surface area contributed by atoms with E-state index in [0.717, 1.165) is 46.8 Å². The van der Waals surface area contributed by atoms with Crippen LogP contribution in [0.4, 0.5) is 5.69 Å². The van der Waals surface area contributed by atoms with Crippen LogP contribution in [0.2, 0.25) is 0 Å². The van der Waals surface area contributed by atoms with Gasteiger partial charge in [0.15, 0.2) is 5.16 Å². The molecule has 1 fully saturated rings. The lowest BCUT2D eigenvalue weighted by molar-refractivity contribution is 0.0947. The van der Waals surface area contributed by atoms with Crippen molar-refractivity contribution in [2.24, 2.45) is 5.92 Å². The summed E-state index contributed by atoms with van der Waals surface area (Å²) in [4.78, 5) is 23.3. The Kier molecular flexibility index (Phi) is 6.12. The summed E-state index contributed by atoms with van der Waals surface area (Å²) in [7, 11) is 0. The number of hydrogen-bond acceptors (Lipinski definition) is 4. The molecule has 162 valence electrons. The summed E-state index contributed by atoms with van der Waals surface area (Å²) in [6, 6.07) is 26.3. The number of amides is 1. The van der Waals surface area contributed by atoms with Gasteiger partial charge in [-0.1, -0.05) is 60.3 Å². The van der Waals surface area contributed by atoms with Crippen molar-refractivity contribution in [3.8, 4) is 0 Å². The Morgan fingerprint density at radius 3 is 2.69 bits per heavy atom. The molecule has 4 aromatic rings. The van der Waals surface area contributed by atoms with Crippen LogP contribution in [0.15, 0.2) is 84.0 Å². The molecule has 2 N–H and O–H groups in total. The molecule has 0 radical (unpaired) electrons. The molecule has 3 aromatic carbocycles. The van der Waals surface area contributed by atoms with Gasteiger partial charge in [0.2, 0.25) is 0 Å². The molecule has 6 heteroatoms. The van der Waals surface area contributed by atoms with Crippen molar-refractivity contribution in [1.29, 1.82) is 0 Å². The summed E-state index contributed by atoms with van der Waals surface area (Å²) in [6.45, 7) is 2.72. The monoisotopic (exact) mass is 442 g/mol. The second kappa shape index (κ2) is 9.49. The molecule has 1 saturated heterocycles. The maximum atomic E-state index is 13.0. The van der Waals surface area contributed by atoms with Crippen molar-refractivity contribution in [2.45, 2.75) is 17.3 Å². The number of benzene rings is 3. The van der Waals surface area contributed by atoms with Gasteiger partial charge in [0.1, 0.15) is 0 Å². The first-order valence-corrected chi connectivity index (χ1v) is 12.0. The second-order valence-electron chi connectivity index (χ2n) is 8.15. The van der Waals surface area contributed by atoms with Crippen LogP contribution in [-0.4, -0.2) is 35.5 Å². The number of H-pyrrole nitrogens is 1. The lowest BCUT2D eigenvalue weighted by atomic mass is 10.1. The molecular formula is C26H26N4OS. The average molecular weight is 443 g/mol. The molecule has 32 heavy (non-hydrogen) atoms. The average Bonchev–Trinajstić information content (AvgIpc) is 3.49. The highest BCUT2D eigenvalue weighted by Gasteiger charge is 2.23. The van der Waals surface area contributed by atoms with Crippen LogP contribution < -0.4 is 10.2 Å². The van der Waals surface area contributed by atoms with Gasteiger partial charge in [-0.3, -0.25) is 4.79 Å². The van der Waals surface area contributed by atoms with Gasteiger partial charge in [-0.15, -0.1) is 0 Å². The maximum absolute atomic E-state index is 13.0. The number of anilines is 1. The zero-order valence-corrected chi connectivity index (χ0v) is 18.6. The van der Waals surface area contributed by atoms with Crippen molar-refractivity contribution in [2.75, 3.05) is 24.5 Å². The van der Waals surface area contributed by atoms with Gasteiger partial charge < -0.3 is 15.2 Å². The highest BCUT2D eigenvalue weighted by molar-refractivity contribution is 7.98. The number of aromatic nitrogens is 2. The van der Waals surface area contributed by atoms with E-state index in [1.165, 1.54) is 5.69 Å². The molecule has 5 nitrogen and oxygen atoms in total. The van der Waals surface area contributed by atoms with Gasteiger partial charge in [0.25, 0.3) is 5.91 Å². The van der Waals surface area contributed by atoms with Crippen LogP contribution in [0.25, 0.3) is 11.0 Å². The summed E-state index contributed by atoms with van der Waals surface area (Å²) in [5.41, 5.74) is 5.01. The van der Waals surface area contributed by atoms with Crippen molar-refractivity contribution in [3.05, 3.63) is 90.0 Å². The minimum absolute atomic E-state index is 0.00367. The Morgan fingerprint density at radius 2 is 1.81 bits per heavy atom. The van der Waals surface area contributed by atoms with E-state index < -0.39 is 0 Å². The molecule has 1 unspecified atom stereocenters. The number of nitrogens with one attached hydrogen (secondary N) is 2. The topological polar surface area (TPSA) is 61.0 Å². The first kappa shape index (κ1) is 20.6. The fourth-order valence-corrected chi connectivity index (χ4v) is 5.11. The molecule has 1 atom stereocenters. The molecule has 0 aliphatic carbocycles. The van der Waals surface area contributed by atoms with Gasteiger partial charge in [-0.2, -0.15) is 0 Å². The summed E-state index contributed by atoms with van der Waals surface area (Å²) in [6.07, 6.45) is 1.10. The molecule has 0 saturated carbocycles. The standard InChI is InChI=1S/C26H26N4OS/c31-25(27-16-19-14-15-30(17-19)21-9-2-1-3-10-21)22-11-5-4-8-20(22)18-32-26-28-23-12-6-7-13-24(23)29-26/h1-13,19H,14-18H2,(H,27,31)(H,28,29). The van der Waals surface area contributed by atoms with E-state index >= 15 is 0 Å². The number of rotatable bonds is 7. The third-order valence-corrected chi connectivity index (χ3v) is 6.87. The van der Waals surface area contributed by atoms with Crippen LogP contribution in [0.5, 0.6) is 0 Å². The largest absolute Gasteiger partial charge is 0.371 e. The number of thioether (sulfide) groups is 1. The highest BCUT2D eigenvalue weighted by Crippen LogP contribution is 2.25. The first-order valence-electron chi connectivity index (χ1n) is 11.0. The number of nitrogens with zero attached hydrogens (tertiary/aromatic N) is 2. The van der Waals surface area contributed by atoms with E-state index in [1.54, 1.807) is 11.8 Å². The van der Waals surface area contributed by atoms with Crippen LogP contribution in [0.3, 0.4) is 0 Å². The minimum atomic E-state index is 0.00367. The first-order chi connectivity index (χ1) is 15.8. The fraction of sp³-hybridized carbons (Fsp3) is 0.231. The molecule has 1 aliphatic heterocycles. The van der Waals surface area contributed by atoms with Gasteiger partial charge in [0.05, 0.1) is 11.0 Å². The highest BCUT2D eigenvalue weighted by atomic mass is 32.2. The third kappa shape index (κ3) is 4.65. The Labute approximate surface area is 192 Å². The minimum Gasteiger partial charge on any atom is -0.371 e. The molecule has 1 amide bonds. The van der Waals surface area contributed by atoms with Crippen molar-refractivity contribution >= 4 is 34.4 Å². The van der Waals surface area contributed by atoms with E-state index in [0.29, 0.717) is 18.2 Å². The Hall–Kier alpha value is -3.25. The number of aromatic amines is 1. The number of para-hydroxylation sites is 3. The van der Waals surface area contributed by atoms with Gasteiger partial charge in [-0.05, 0) is 48.2 Å². The van der Waals surface area contributed by atoms with E-state index in [2.05, 4.69) is 44.5 Å². The molecule has 1 aliphatic rings. The number of hydrogen-bond donors (Lipinski definition) is 2. The van der Waals surface area contributed by atoms with E-state index in [9.17, 15) is 4.79 Å². The molecule has 5 rings (SSSR count). The lowest BCUT2D eigenvalue weighted by Gasteiger charge is -2.19. The zero-order valence-electron chi connectivity index (χ0n) is 17.8. The summed E-state index contributed by atoms with van der Waals surface area (Å²) < 4.78 is 0. The van der Waals surface area contributed by atoms with Crippen molar-refractivity contribution < 1.29 is 4.79 Å². The van der Waals surface area contributed by atoms with E-state index in [-0.39, 0.29) is 5.91 Å².